The number of rotatable bonds is 4. The second-order valence-electron chi connectivity index (χ2n) is 5.31. The van der Waals surface area contributed by atoms with Crippen LogP contribution in [0, 0.1) is 5.92 Å². The Bertz CT molecular complexity index is 192. The smallest absolute Gasteiger partial charge is 0.0875 e. The van der Waals surface area contributed by atoms with Gasteiger partial charge in [-0.05, 0) is 25.7 Å². The Kier molecular flexibility index (Phi) is 4.56. The Morgan fingerprint density at radius 1 is 1.40 bits per heavy atom. The molecule has 1 aliphatic carbocycles. The van der Waals surface area contributed by atoms with E-state index in [-0.39, 0.29) is 18.1 Å². The molecule has 0 radical (unpaired) electrons. The van der Waals surface area contributed by atoms with Crippen molar-refractivity contribution in [2.45, 2.75) is 64.2 Å². The van der Waals surface area contributed by atoms with Crippen LogP contribution in [-0.2, 0) is 4.74 Å². The van der Waals surface area contributed by atoms with E-state index >= 15 is 0 Å². The lowest BCUT2D eigenvalue weighted by Gasteiger charge is -2.33. The highest BCUT2D eigenvalue weighted by Gasteiger charge is 2.29. The lowest BCUT2D eigenvalue weighted by molar-refractivity contribution is -0.0971. The molecule has 3 unspecified atom stereocenters. The van der Waals surface area contributed by atoms with Crippen molar-refractivity contribution in [2.24, 2.45) is 11.7 Å². The molecule has 3 N–H and O–H groups in total. The van der Waals surface area contributed by atoms with Crippen LogP contribution in [-0.4, -0.2) is 29.5 Å². The van der Waals surface area contributed by atoms with Crippen molar-refractivity contribution in [3.05, 3.63) is 0 Å². The monoisotopic (exact) mass is 215 g/mol. The van der Waals surface area contributed by atoms with Crippen molar-refractivity contribution in [3.63, 3.8) is 0 Å². The average Bonchev–Trinajstić information content (AvgIpc) is 2.16. The van der Waals surface area contributed by atoms with Crippen LogP contribution in [0.3, 0.4) is 0 Å². The van der Waals surface area contributed by atoms with Gasteiger partial charge in [0, 0.05) is 6.04 Å². The van der Waals surface area contributed by atoms with Gasteiger partial charge in [0.2, 0.25) is 0 Å². The molecule has 15 heavy (non-hydrogen) atoms. The molecule has 0 heterocycles. The van der Waals surface area contributed by atoms with Crippen molar-refractivity contribution in [1.82, 2.24) is 0 Å². The van der Waals surface area contributed by atoms with Crippen LogP contribution in [0.25, 0.3) is 0 Å². The van der Waals surface area contributed by atoms with E-state index in [2.05, 4.69) is 0 Å². The molecule has 0 aromatic carbocycles. The first kappa shape index (κ1) is 12.9. The van der Waals surface area contributed by atoms with E-state index in [0.717, 1.165) is 12.8 Å². The Balaban J connectivity index is 2.35. The maximum absolute atomic E-state index is 10.0. The molecule has 1 aliphatic rings. The van der Waals surface area contributed by atoms with Crippen molar-refractivity contribution in [3.8, 4) is 0 Å². The maximum atomic E-state index is 10.0. The lowest BCUT2D eigenvalue weighted by atomic mass is 9.91. The number of hydrogen-bond donors (Lipinski definition) is 2. The lowest BCUT2D eigenvalue weighted by Crippen LogP contribution is -2.44. The Labute approximate surface area is 93.0 Å². The first-order valence-electron chi connectivity index (χ1n) is 6.03. The van der Waals surface area contributed by atoms with Gasteiger partial charge in [0.25, 0.3) is 0 Å². The molecule has 0 spiro atoms. The third-order valence-corrected chi connectivity index (χ3v) is 3.59. The zero-order chi connectivity index (χ0) is 11.5. The highest BCUT2D eigenvalue weighted by molar-refractivity contribution is 4.81. The summed E-state index contributed by atoms with van der Waals surface area (Å²) in [5.74, 6) is 0.206. The molecule has 0 saturated heterocycles. The average molecular weight is 215 g/mol. The summed E-state index contributed by atoms with van der Waals surface area (Å²) in [5.41, 5.74) is 5.24. The van der Waals surface area contributed by atoms with Crippen LogP contribution >= 0.6 is 0 Å². The largest absolute Gasteiger partial charge is 0.388 e. The zero-order valence-corrected chi connectivity index (χ0v) is 10.2. The van der Waals surface area contributed by atoms with Gasteiger partial charge >= 0.3 is 0 Å². The topological polar surface area (TPSA) is 55.5 Å². The maximum Gasteiger partial charge on any atom is 0.0875 e. The normalized spacial score (nSPS) is 31.6. The molecule has 90 valence electrons. The van der Waals surface area contributed by atoms with Crippen LogP contribution in [0.1, 0.15) is 46.5 Å². The molecule has 3 nitrogen and oxygen atoms in total. The molecule has 0 aromatic heterocycles. The first-order chi connectivity index (χ1) is 6.93. The Hall–Kier alpha value is -0.120. The third kappa shape index (κ3) is 3.74. The Morgan fingerprint density at radius 3 is 2.53 bits per heavy atom. The minimum atomic E-state index is -0.739. The van der Waals surface area contributed by atoms with Gasteiger partial charge in [-0.3, -0.25) is 0 Å². The molecular formula is C12H25NO2. The summed E-state index contributed by atoms with van der Waals surface area (Å²) < 4.78 is 5.75. The predicted molar refractivity (Wildman–Crippen MR) is 61.6 cm³/mol. The third-order valence-electron chi connectivity index (χ3n) is 3.59. The van der Waals surface area contributed by atoms with Gasteiger partial charge < -0.3 is 15.6 Å². The summed E-state index contributed by atoms with van der Waals surface area (Å²) >= 11 is 0. The van der Waals surface area contributed by atoms with Crippen molar-refractivity contribution < 1.29 is 9.84 Å². The fourth-order valence-corrected chi connectivity index (χ4v) is 1.77. The number of nitrogens with two attached hydrogens (primary N) is 1. The van der Waals surface area contributed by atoms with E-state index in [1.54, 1.807) is 0 Å². The first-order valence-corrected chi connectivity index (χ1v) is 6.03. The standard InChI is InChI=1S/C12H25NO2/c1-9(2)12(3,14)8-15-11-7-5-4-6-10(11)13/h9-11,14H,4-8,13H2,1-3H3. The van der Waals surface area contributed by atoms with Crippen molar-refractivity contribution >= 4 is 0 Å². The van der Waals surface area contributed by atoms with Crippen molar-refractivity contribution in [2.75, 3.05) is 6.61 Å². The van der Waals surface area contributed by atoms with E-state index in [0.29, 0.717) is 6.61 Å². The second-order valence-corrected chi connectivity index (χ2v) is 5.31. The summed E-state index contributed by atoms with van der Waals surface area (Å²) in [4.78, 5) is 0. The highest BCUT2D eigenvalue weighted by Crippen LogP contribution is 2.23. The highest BCUT2D eigenvalue weighted by atomic mass is 16.5. The number of hydrogen-bond acceptors (Lipinski definition) is 3. The van der Waals surface area contributed by atoms with E-state index in [1.807, 2.05) is 20.8 Å². The van der Waals surface area contributed by atoms with Gasteiger partial charge in [0.1, 0.15) is 0 Å². The second kappa shape index (κ2) is 5.28. The van der Waals surface area contributed by atoms with Gasteiger partial charge in [0.15, 0.2) is 0 Å². The SMILES string of the molecule is CC(C)C(C)(O)COC1CCCCC1N. The molecule has 0 amide bonds. The van der Waals surface area contributed by atoms with Crippen LogP contribution in [0.15, 0.2) is 0 Å². The fraction of sp³-hybridized carbons (Fsp3) is 1.00. The van der Waals surface area contributed by atoms with Crippen molar-refractivity contribution in [1.29, 1.82) is 0 Å². The summed E-state index contributed by atoms with van der Waals surface area (Å²) in [5, 5.41) is 10.0. The molecule has 0 aromatic rings. The van der Waals surface area contributed by atoms with Crippen LogP contribution in [0.5, 0.6) is 0 Å². The molecule has 3 atom stereocenters. The van der Waals surface area contributed by atoms with E-state index in [4.69, 9.17) is 10.5 Å². The molecule has 1 saturated carbocycles. The summed E-state index contributed by atoms with van der Waals surface area (Å²) in [6, 6.07) is 0.154. The van der Waals surface area contributed by atoms with Crippen LogP contribution < -0.4 is 5.73 Å². The number of ether oxygens (including phenoxy) is 1. The molecule has 0 aliphatic heterocycles. The molecule has 1 rings (SSSR count). The molecule has 3 heteroatoms. The predicted octanol–water partition coefficient (Wildman–Crippen LogP) is 1.68. The van der Waals surface area contributed by atoms with E-state index < -0.39 is 5.60 Å². The van der Waals surface area contributed by atoms with E-state index in [1.165, 1.54) is 12.8 Å². The molecule has 1 fully saturated rings. The van der Waals surface area contributed by atoms with Gasteiger partial charge in [-0.15, -0.1) is 0 Å². The minimum Gasteiger partial charge on any atom is -0.388 e. The molecule has 0 bridgehead atoms. The number of aliphatic hydroxyl groups is 1. The zero-order valence-electron chi connectivity index (χ0n) is 10.2. The summed E-state index contributed by atoms with van der Waals surface area (Å²) in [7, 11) is 0. The van der Waals surface area contributed by atoms with Gasteiger partial charge in [-0.25, -0.2) is 0 Å². The quantitative estimate of drug-likeness (QED) is 0.750. The van der Waals surface area contributed by atoms with Gasteiger partial charge in [0.05, 0.1) is 18.3 Å². The summed E-state index contributed by atoms with van der Waals surface area (Å²) in [6.07, 6.45) is 4.64. The van der Waals surface area contributed by atoms with Gasteiger partial charge in [-0.2, -0.15) is 0 Å². The fourth-order valence-electron chi connectivity index (χ4n) is 1.77. The van der Waals surface area contributed by atoms with Gasteiger partial charge in [-0.1, -0.05) is 26.7 Å². The minimum absolute atomic E-state index is 0.143. The molecular weight excluding hydrogens is 190 g/mol. The van der Waals surface area contributed by atoms with E-state index in [9.17, 15) is 5.11 Å². The summed E-state index contributed by atoms with van der Waals surface area (Å²) in [6.45, 7) is 6.23. The van der Waals surface area contributed by atoms with Crippen LogP contribution in [0.2, 0.25) is 0 Å². The van der Waals surface area contributed by atoms with Crippen LogP contribution in [0.4, 0.5) is 0 Å². The Morgan fingerprint density at radius 2 is 2.00 bits per heavy atom.